The minimum absolute atomic E-state index is 0.247. The first kappa shape index (κ1) is 12.6. The second-order valence-electron chi connectivity index (χ2n) is 2.77. The number of thioether (sulfide) groups is 2. The Morgan fingerprint density at radius 3 is 2.87 bits per heavy atom. The van der Waals surface area contributed by atoms with Crippen LogP contribution in [0.5, 0.6) is 0 Å². The molecule has 0 fully saturated rings. The molecule has 5 nitrogen and oxygen atoms in total. The number of aliphatic hydroxyl groups is 2. The Morgan fingerprint density at radius 1 is 1.53 bits per heavy atom. The number of rotatable bonds is 5. The molecular weight excluding hydrogens is 234 g/mol. The van der Waals surface area contributed by atoms with Crippen molar-refractivity contribution in [3.05, 3.63) is 6.07 Å². The third kappa shape index (κ3) is 4.25. The molecule has 1 aromatic rings. The molecule has 0 aliphatic carbocycles. The molecular formula is C8H13N3O2S2. The Balaban J connectivity index is 2.64. The summed E-state index contributed by atoms with van der Waals surface area (Å²) < 4.78 is 0. The highest BCUT2D eigenvalue weighted by molar-refractivity contribution is 7.99. The molecule has 15 heavy (non-hydrogen) atoms. The lowest BCUT2D eigenvalue weighted by atomic mass is 10.4. The summed E-state index contributed by atoms with van der Waals surface area (Å²) in [5, 5.41) is 19.1. The molecule has 0 saturated carbocycles. The monoisotopic (exact) mass is 247 g/mol. The number of nitrogens with two attached hydrogens (primary N) is 1. The standard InChI is InChI=1S/C8H13N3O2S2/c1-14-8-10-6(9)2-7(11-8)15-4-5(13)3-12/h2,5,12-13H,3-4H2,1H3,(H2,9,10,11). The van der Waals surface area contributed by atoms with E-state index in [9.17, 15) is 0 Å². The van der Waals surface area contributed by atoms with Crippen LogP contribution in [0.2, 0.25) is 0 Å². The van der Waals surface area contributed by atoms with Crippen LogP contribution in [0.25, 0.3) is 0 Å². The highest BCUT2D eigenvalue weighted by Gasteiger charge is 2.06. The average Bonchev–Trinajstić information content (AvgIpc) is 2.25. The van der Waals surface area contributed by atoms with Gasteiger partial charge in [0.25, 0.3) is 0 Å². The highest BCUT2D eigenvalue weighted by Crippen LogP contribution is 2.21. The van der Waals surface area contributed by atoms with Crippen LogP contribution in [-0.2, 0) is 0 Å². The number of aromatic nitrogens is 2. The van der Waals surface area contributed by atoms with Gasteiger partial charge < -0.3 is 15.9 Å². The second kappa shape index (κ2) is 6.16. The molecule has 1 heterocycles. The third-order valence-electron chi connectivity index (χ3n) is 1.52. The van der Waals surface area contributed by atoms with Crippen LogP contribution < -0.4 is 5.73 Å². The fourth-order valence-corrected chi connectivity index (χ4v) is 2.09. The molecule has 7 heteroatoms. The Bertz CT molecular complexity index is 325. The van der Waals surface area contributed by atoms with Gasteiger partial charge in [0.1, 0.15) is 10.8 Å². The summed E-state index contributed by atoms with van der Waals surface area (Å²) in [4.78, 5) is 8.20. The summed E-state index contributed by atoms with van der Waals surface area (Å²) in [6.45, 7) is -0.247. The van der Waals surface area contributed by atoms with E-state index in [0.717, 1.165) is 0 Å². The Hall–Kier alpha value is -0.500. The fourth-order valence-electron chi connectivity index (χ4n) is 0.820. The molecule has 0 aromatic carbocycles. The van der Waals surface area contributed by atoms with Crippen LogP contribution >= 0.6 is 23.5 Å². The van der Waals surface area contributed by atoms with E-state index in [0.29, 0.717) is 21.8 Å². The van der Waals surface area contributed by atoms with Crippen LogP contribution in [0.15, 0.2) is 16.2 Å². The van der Waals surface area contributed by atoms with Gasteiger partial charge >= 0.3 is 0 Å². The van der Waals surface area contributed by atoms with Crippen molar-refractivity contribution < 1.29 is 10.2 Å². The van der Waals surface area contributed by atoms with E-state index in [-0.39, 0.29) is 6.61 Å². The third-order valence-corrected chi connectivity index (χ3v) is 3.12. The first-order valence-electron chi connectivity index (χ1n) is 4.26. The van der Waals surface area contributed by atoms with Crippen molar-refractivity contribution in [1.82, 2.24) is 9.97 Å². The van der Waals surface area contributed by atoms with E-state index in [1.807, 2.05) is 6.26 Å². The summed E-state index contributed by atoms with van der Waals surface area (Å²) in [6.07, 6.45) is 1.13. The fraction of sp³-hybridized carbons (Fsp3) is 0.500. The van der Waals surface area contributed by atoms with Crippen molar-refractivity contribution in [1.29, 1.82) is 0 Å². The molecule has 0 amide bonds. The smallest absolute Gasteiger partial charge is 0.190 e. The van der Waals surface area contributed by atoms with E-state index in [1.54, 1.807) is 6.07 Å². The molecule has 0 aliphatic rings. The van der Waals surface area contributed by atoms with E-state index >= 15 is 0 Å². The lowest BCUT2D eigenvalue weighted by Gasteiger charge is -2.06. The van der Waals surface area contributed by atoms with Crippen molar-refractivity contribution >= 4 is 29.3 Å². The van der Waals surface area contributed by atoms with Gasteiger partial charge in [-0.1, -0.05) is 11.8 Å². The van der Waals surface area contributed by atoms with Gasteiger partial charge in [-0.3, -0.25) is 0 Å². The normalized spacial score (nSPS) is 12.7. The number of aliphatic hydroxyl groups excluding tert-OH is 2. The minimum atomic E-state index is -0.732. The summed E-state index contributed by atoms with van der Waals surface area (Å²) in [5.74, 6) is 0.802. The molecule has 4 N–H and O–H groups in total. The van der Waals surface area contributed by atoms with Crippen molar-refractivity contribution in [2.75, 3.05) is 24.3 Å². The molecule has 1 aromatic heterocycles. The number of hydrogen-bond acceptors (Lipinski definition) is 7. The van der Waals surface area contributed by atoms with Gasteiger partial charge in [-0.05, 0) is 6.26 Å². The quantitative estimate of drug-likeness (QED) is 0.389. The summed E-state index contributed by atoms with van der Waals surface area (Å²) in [7, 11) is 0. The first-order valence-corrected chi connectivity index (χ1v) is 6.47. The van der Waals surface area contributed by atoms with Gasteiger partial charge in [0.2, 0.25) is 0 Å². The maximum Gasteiger partial charge on any atom is 0.190 e. The lowest BCUT2D eigenvalue weighted by Crippen LogP contribution is -2.14. The average molecular weight is 247 g/mol. The van der Waals surface area contributed by atoms with Crippen LogP contribution in [0, 0.1) is 0 Å². The first-order chi connectivity index (χ1) is 7.15. The summed E-state index contributed by atoms with van der Waals surface area (Å²) in [6, 6.07) is 1.65. The zero-order valence-corrected chi connectivity index (χ0v) is 9.88. The van der Waals surface area contributed by atoms with Gasteiger partial charge in [-0.2, -0.15) is 0 Å². The number of anilines is 1. The zero-order valence-electron chi connectivity index (χ0n) is 8.25. The molecule has 0 spiro atoms. The summed E-state index contributed by atoms with van der Waals surface area (Å²) >= 11 is 2.75. The van der Waals surface area contributed by atoms with E-state index < -0.39 is 6.10 Å². The molecule has 84 valence electrons. The van der Waals surface area contributed by atoms with Crippen LogP contribution in [0.1, 0.15) is 0 Å². The Labute approximate surface area is 96.5 Å². The predicted octanol–water partition coefficient (Wildman–Crippen LogP) is 0.226. The van der Waals surface area contributed by atoms with Crippen LogP contribution in [-0.4, -0.2) is 44.9 Å². The van der Waals surface area contributed by atoms with Gasteiger partial charge in [0.15, 0.2) is 5.16 Å². The van der Waals surface area contributed by atoms with Crippen molar-refractivity contribution in [3.8, 4) is 0 Å². The van der Waals surface area contributed by atoms with Gasteiger partial charge in [-0.25, -0.2) is 9.97 Å². The van der Waals surface area contributed by atoms with Gasteiger partial charge in [-0.15, -0.1) is 11.8 Å². The molecule has 0 aliphatic heterocycles. The predicted molar refractivity (Wildman–Crippen MR) is 62.0 cm³/mol. The van der Waals surface area contributed by atoms with E-state index in [4.69, 9.17) is 15.9 Å². The van der Waals surface area contributed by atoms with Crippen LogP contribution in [0.4, 0.5) is 5.82 Å². The van der Waals surface area contributed by atoms with Gasteiger partial charge in [0.05, 0.1) is 12.7 Å². The largest absolute Gasteiger partial charge is 0.394 e. The number of nitrogens with zero attached hydrogens (tertiary/aromatic N) is 2. The second-order valence-corrected chi connectivity index (χ2v) is 4.58. The Kier molecular flexibility index (Phi) is 5.16. The van der Waals surface area contributed by atoms with Crippen molar-refractivity contribution in [2.45, 2.75) is 16.3 Å². The molecule has 1 unspecified atom stereocenters. The lowest BCUT2D eigenvalue weighted by molar-refractivity contribution is 0.113. The van der Waals surface area contributed by atoms with E-state index in [2.05, 4.69) is 9.97 Å². The molecule has 0 bridgehead atoms. The van der Waals surface area contributed by atoms with Crippen molar-refractivity contribution in [3.63, 3.8) is 0 Å². The molecule has 1 rings (SSSR count). The zero-order chi connectivity index (χ0) is 11.3. The van der Waals surface area contributed by atoms with Crippen LogP contribution in [0.3, 0.4) is 0 Å². The minimum Gasteiger partial charge on any atom is -0.394 e. The van der Waals surface area contributed by atoms with Gasteiger partial charge in [0, 0.05) is 11.8 Å². The van der Waals surface area contributed by atoms with Crippen molar-refractivity contribution in [2.24, 2.45) is 0 Å². The maximum atomic E-state index is 9.16. The maximum absolute atomic E-state index is 9.16. The molecule has 1 atom stereocenters. The molecule has 0 saturated heterocycles. The summed E-state index contributed by atoms with van der Waals surface area (Å²) in [5.41, 5.74) is 5.58. The topological polar surface area (TPSA) is 92.3 Å². The Morgan fingerprint density at radius 2 is 2.27 bits per heavy atom. The SMILES string of the molecule is CSc1nc(N)cc(SCC(O)CO)n1. The molecule has 0 radical (unpaired) electrons. The highest BCUT2D eigenvalue weighted by atomic mass is 32.2. The van der Waals surface area contributed by atoms with E-state index in [1.165, 1.54) is 23.5 Å². The number of nitrogen functional groups attached to an aromatic ring is 1. The number of hydrogen-bond donors (Lipinski definition) is 3.